The van der Waals surface area contributed by atoms with Crippen molar-refractivity contribution < 1.29 is 14.3 Å². The summed E-state index contributed by atoms with van der Waals surface area (Å²) in [6.45, 7) is 3.64. The van der Waals surface area contributed by atoms with Gasteiger partial charge >= 0.3 is 5.97 Å². The molecule has 0 bridgehead atoms. The summed E-state index contributed by atoms with van der Waals surface area (Å²) in [7, 11) is 1.46. The molecule has 0 aliphatic carbocycles. The molecule has 0 heterocycles. The lowest BCUT2D eigenvalue weighted by Crippen LogP contribution is -2.15. The largest absolute Gasteiger partial charge is 0.461 e. The van der Waals surface area contributed by atoms with Crippen LogP contribution in [0.4, 0.5) is 0 Å². The Kier molecular flexibility index (Phi) is 7.95. The maximum Gasteiger partial charge on any atom is 0.332 e. The molecule has 10 heavy (non-hydrogen) atoms. The first kappa shape index (κ1) is 12.1. The molecule has 0 aliphatic heterocycles. The van der Waals surface area contributed by atoms with Gasteiger partial charge in [-0.25, -0.2) is 4.79 Å². The van der Waals surface area contributed by atoms with Crippen molar-refractivity contribution in [3.8, 4) is 0 Å². The molecular weight excluding hydrogens is 132 g/mol. The van der Waals surface area contributed by atoms with Crippen molar-refractivity contribution in [2.45, 2.75) is 27.4 Å². The third-order valence-corrected chi connectivity index (χ3v) is 0.629. The summed E-state index contributed by atoms with van der Waals surface area (Å²) in [5, 5.41) is 0. The molecule has 0 aliphatic rings. The molecule has 0 saturated heterocycles. The van der Waals surface area contributed by atoms with Crippen molar-refractivity contribution in [3.63, 3.8) is 0 Å². The molecule has 0 rings (SSSR count). The second-order valence-electron chi connectivity index (χ2n) is 1.97. The van der Waals surface area contributed by atoms with Gasteiger partial charge in [0, 0.05) is 7.11 Å². The fourth-order valence-corrected chi connectivity index (χ4v) is 0.415. The molecule has 0 unspecified atom stereocenters. The Hall–Kier alpha value is -0.570. The number of ether oxygens (including phenoxy) is 2. The van der Waals surface area contributed by atoms with Crippen LogP contribution in [0.1, 0.15) is 21.3 Å². The Morgan fingerprint density at radius 2 is 2.00 bits per heavy atom. The van der Waals surface area contributed by atoms with Crippen LogP contribution in [-0.4, -0.2) is 25.8 Å². The average molecular weight is 148 g/mol. The highest BCUT2D eigenvalue weighted by Gasteiger charge is 2.02. The van der Waals surface area contributed by atoms with E-state index in [9.17, 15) is 4.79 Å². The van der Waals surface area contributed by atoms with Gasteiger partial charge in [0.25, 0.3) is 0 Å². The van der Waals surface area contributed by atoms with Crippen molar-refractivity contribution in [2.75, 3.05) is 13.7 Å². The first-order chi connectivity index (χ1) is 4.16. The van der Waals surface area contributed by atoms with Crippen molar-refractivity contribution in [1.29, 1.82) is 0 Å². The van der Waals surface area contributed by atoms with Gasteiger partial charge < -0.3 is 9.47 Å². The van der Waals surface area contributed by atoms with Gasteiger partial charge in [-0.15, -0.1) is 0 Å². The minimum atomic E-state index is -0.312. The molecule has 62 valence electrons. The van der Waals surface area contributed by atoms with E-state index in [-0.39, 0.29) is 26.1 Å². The Morgan fingerprint density at radius 3 is 2.30 bits per heavy atom. The van der Waals surface area contributed by atoms with Crippen molar-refractivity contribution in [3.05, 3.63) is 0 Å². The van der Waals surface area contributed by atoms with Gasteiger partial charge in [0.15, 0.2) is 0 Å². The zero-order valence-electron chi connectivity index (χ0n) is 6.01. The maximum absolute atomic E-state index is 10.5. The van der Waals surface area contributed by atoms with E-state index in [1.165, 1.54) is 7.11 Å². The number of methoxy groups -OCH3 is 1. The van der Waals surface area contributed by atoms with Crippen LogP contribution in [0.15, 0.2) is 0 Å². The van der Waals surface area contributed by atoms with Crippen molar-refractivity contribution >= 4 is 5.97 Å². The first-order valence-corrected chi connectivity index (χ1v) is 2.85. The number of carbonyl (C=O) groups excluding carboxylic acids is 1. The molecule has 0 N–H and O–H groups in total. The molecule has 0 aromatic carbocycles. The Balaban J connectivity index is 0. The second-order valence-corrected chi connectivity index (χ2v) is 1.97. The molecule has 0 aromatic rings. The van der Waals surface area contributed by atoms with Crippen molar-refractivity contribution in [1.82, 2.24) is 0 Å². The third kappa shape index (κ3) is 7.43. The number of hydrogen-bond donors (Lipinski definition) is 0. The smallest absolute Gasteiger partial charge is 0.332 e. The van der Waals surface area contributed by atoms with Gasteiger partial charge in [-0.2, -0.15) is 0 Å². The predicted octanol–water partition coefficient (Wildman–Crippen LogP) is 1.22. The highest BCUT2D eigenvalue weighted by atomic mass is 16.6. The van der Waals surface area contributed by atoms with Gasteiger partial charge in [0.05, 0.1) is 6.10 Å². The van der Waals surface area contributed by atoms with E-state index >= 15 is 0 Å². The van der Waals surface area contributed by atoms with Gasteiger partial charge in [-0.05, 0) is 13.8 Å². The lowest BCUT2D eigenvalue weighted by atomic mass is 10.5. The lowest BCUT2D eigenvalue weighted by Gasteiger charge is -2.05. The zero-order chi connectivity index (χ0) is 7.28. The quantitative estimate of drug-likeness (QED) is 0.564. The molecule has 3 nitrogen and oxygen atoms in total. The normalized spacial score (nSPS) is 8.80. The standard InChI is InChI=1S/C6H12O3.CH4/c1-5(2)9-6(7)4-8-3;/h5H,4H2,1-3H3;1H4. The Labute approximate surface area is 62.3 Å². The Morgan fingerprint density at radius 1 is 1.50 bits per heavy atom. The molecule has 0 atom stereocenters. The van der Waals surface area contributed by atoms with Crippen LogP contribution in [-0.2, 0) is 14.3 Å². The molecule has 0 spiro atoms. The van der Waals surface area contributed by atoms with E-state index in [4.69, 9.17) is 4.74 Å². The van der Waals surface area contributed by atoms with Gasteiger partial charge in [0.1, 0.15) is 6.61 Å². The summed E-state index contributed by atoms with van der Waals surface area (Å²) in [5.41, 5.74) is 0. The fourth-order valence-electron chi connectivity index (χ4n) is 0.415. The van der Waals surface area contributed by atoms with E-state index < -0.39 is 0 Å². The number of carbonyl (C=O) groups is 1. The van der Waals surface area contributed by atoms with Crippen LogP contribution in [0.2, 0.25) is 0 Å². The lowest BCUT2D eigenvalue weighted by molar-refractivity contribution is -0.151. The summed E-state index contributed by atoms with van der Waals surface area (Å²) in [6, 6.07) is 0. The van der Waals surface area contributed by atoms with E-state index in [1.54, 1.807) is 13.8 Å². The highest BCUT2D eigenvalue weighted by molar-refractivity contribution is 5.70. The zero-order valence-corrected chi connectivity index (χ0v) is 6.01. The van der Waals surface area contributed by atoms with E-state index in [0.29, 0.717) is 0 Å². The first-order valence-electron chi connectivity index (χ1n) is 2.85. The summed E-state index contributed by atoms with van der Waals surface area (Å²) in [4.78, 5) is 10.5. The fraction of sp³-hybridized carbons (Fsp3) is 0.857. The summed E-state index contributed by atoms with van der Waals surface area (Å²) >= 11 is 0. The molecule has 0 amide bonds. The van der Waals surface area contributed by atoms with Gasteiger partial charge in [-0.3, -0.25) is 0 Å². The van der Waals surface area contributed by atoms with Crippen molar-refractivity contribution in [2.24, 2.45) is 0 Å². The summed E-state index contributed by atoms with van der Waals surface area (Å²) < 4.78 is 9.26. The molecule has 3 heteroatoms. The molecule has 0 radical (unpaired) electrons. The highest BCUT2D eigenvalue weighted by Crippen LogP contribution is 1.87. The molecular formula is C7H16O3. The van der Waals surface area contributed by atoms with E-state index in [0.717, 1.165) is 0 Å². The van der Waals surface area contributed by atoms with E-state index in [2.05, 4.69) is 4.74 Å². The van der Waals surface area contributed by atoms with Gasteiger partial charge in [-0.1, -0.05) is 7.43 Å². The SMILES string of the molecule is C.COCC(=O)OC(C)C. The molecule has 0 fully saturated rings. The Bertz CT molecular complexity index is 88.9. The summed E-state index contributed by atoms with van der Waals surface area (Å²) in [6.07, 6.45) is -0.0485. The van der Waals surface area contributed by atoms with Crippen LogP contribution in [0.5, 0.6) is 0 Å². The van der Waals surface area contributed by atoms with E-state index in [1.807, 2.05) is 0 Å². The number of esters is 1. The van der Waals surface area contributed by atoms with Crippen LogP contribution in [0.3, 0.4) is 0 Å². The second kappa shape index (κ2) is 6.55. The number of hydrogen-bond acceptors (Lipinski definition) is 3. The van der Waals surface area contributed by atoms with Crippen LogP contribution in [0.25, 0.3) is 0 Å². The maximum atomic E-state index is 10.5. The third-order valence-electron chi connectivity index (χ3n) is 0.629. The average Bonchev–Trinajstić information content (AvgIpc) is 1.63. The molecule has 0 saturated carbocycles. The summed E-state index contributed by atoms with van der Waals surface area (Å²) in [5.74, 6) is -0.312. The van der Waals surface area contributed by atoms with Crippen LogP contribution in [0, 0.1) is 0 Å². The predicted molar refractivity (Wildman–Crippen MR) is 39.8 cm³/mol. The van der Waals surface area contributed by atoms with Crippen LogP contribution >= 0.6 is 0 Å². The topological polar surface area (TPSA) is 35.5 Å². The number of rotatable bonds is 3. The monoisotopic (exact) mass is 148 g/mol. The molecule has 0 aromatic heterocycles. The van der Waals surface area contributed by atoms with Gasteiger partial charge in [0.2, 0.25) is 0 Å². The van der Waals surface area contributed by atoms with Crippen LogP contribution < -0.4 is 0 Å². The minimum absolute atomic E-state index is 0. The minimum Gasteiger partial charge on any atom is -0.461 e.